The molecule has 0 saturated carbocycles. The number of esters is 1. The molecule has 1 N–H and O–H groups in total. The lowest BCUT2D eigenvalue weighted by atomic mass is 10.1. The van der Waals surface area contributed by atoms with Crippen molar-refractivity contribution in [2.45, 2.75) is 19.9 Å². The third-order valence-corrected chi connectivity index (χ3v) is 6.21. The highest BCUT2D eigenvalue weighted by Crippen LogP contribution is 2.30. The summed E-state index contributed by atoms with van der Waals surface area (Å²) in [5, 5.41) is 15.7. The van der Waals surface area contributed by atoms with Crippen molar-refractivity contribution in [2.75, 3.05) is 5.01 Å². The third kappa shape index (κ3) is 4.52. The minimum atomic E-state index is -1.04. The Morgan fingerprint density at radius 1 is 0.973 bits per heavy atom. The number of carbonyl (C=O) groups excluding carboxylic acids is 2. The van der Waals surface area contributed by atoms with E-state index in [0.717, 1.165) is 16.5 Å². The Kier molecular flexibility index (Phi) is 6.15. The first kappa shape index (κ1) is 23.7. The standard InChI is InChI=1S/C29H23N3O5/c1-18-25(27(33)32(30-18)22-14-12-20(13-15-22)28(34)35)16-21-17-31(26-11-7-6-10-24(21)26)19(2)29(36)37-23-8-4-3-5-9-23/h3-17,19H,1-2H3,(H,34,35)/b25-16-. The maximum absolute atomic E-state index is 13.3. The van der Waals surface area contributed by atoms with Gasteiger partial charge in [0.05, 0.1) is 22.5 Å². The molecule has 1 atom stereocenters. The van der Waals surface area contributed by atoms with Gasteiger partial charge in [-0.25, -0.2) is 9.59 Å². The van der Waals surface area contributed by atoms with E-state index in [1.165, 1.54) is 17.1 Å². The van der Waals surface area contributed by atoms with E-state index in [1.54, 1.807) is 56.3 Å². The average Bonchev–Trinajstić information content (AvgIpc) is 3.41. The molecule has 1 aliphatic heterocycles. The molecule has 37 heavy (non-hydrogen) atoms. The highest BCUT2D eigenvalue weighted by molar-refractivity contribution is 6.32. The zero-order valence-corrected chi connectivity index (χ0v) is 20.2. The van der Waals surface area contributed by atoms with E-state index >= 15 is 0 Å². The largest absolute Gasteiger partial charge is 0.478 e. The van der Waals surface area contributed by atoms with Gasteiger partial charge in [0.2, 0.25) is 0 Å². The minimum Gasteiger partial charge on any atom is -0.478 e. The first-order valence-electron chi connectivity index (χ1n) is 11.6. The van der Waals surface area contributed by atoms with Gasteiger partial charge >= 0.3 is 11.9 Å². The van der Waals surface area contributed by atoms with Gasteiger partial charge in [0.25, 0.3) is 5.91 Å². The summed E-state index contributed by atoms with van der Waals surface area (Å²) in [6, 6.07) is 21.9. The lowest BCUT2D eigenvalue weighted by molar-refractivity contribution is -0.137. The molecule has 0 spiro atoms. The normalized spacial score (nSPS) is 15.2. The summed E-state index contributed by atoms with van der Waals surface area (Å²) in [4.78, 5) is 37.3. The van der Waals surface area contributed by atoms with Crippen LogP contribution >= 0.6 is 0 Å². The Morgan fingerprint density at radius 2 is 1.65 bits per heavy atom. The molecule has 1 aromatic heterocycles. The van der Waals surface area contributed by atoms with Crippen molar-refractivity contribution in [1.29, 1.82) is 0 Å². The van der Waals surface area contributed by atoms with Crippen LogP contribution in [-0.4, -0.2) is 33.2 Å². The first-order valence-corrected chi connectivity index (χ1v) is 11.6. The summed E-state index contributed by atoms with van der Waals surface area (Å²) in [6.45, 7) is 3.51. The van der Waals surface area contributed by atoms with E-state index in [1.807, 2.05) is 41.1 Å². The number of hydrogen-bond donors (Lipinski definition) is 1. The fourth-order valence-electron chi connectivity index (χ4n) is 4.23. The Morgan fingerprint density at radius 3 is 2.35 bits per heavy atom. The summed E-state index contributed by atoms with van der Waals surface area (Å²) >= 11 is 0. The molecule has 1 aliphatic rings. The number of fused-ring (bicyclic) bond motifs is 1. The van der Waals surface area contributed by atoms with Crippen molar-refractivity contribution in [3.8, 4) is 5.75 Å². The molecule has 0 bridgehead atoms. The van der Waals surface area contributed by atoms with Crippen molar-refractivity contribution in [3.63, 3.8) is 0 Å². The monoisotopic (exact) mass is 493 g/mol. The molecule has 5 rings (SSSR count). The van der Waals surface area contributed by atoms with Gasteiger partial charge in [0.1, 0.15) is 11.8 Å². The van der Waals surface area contributed by atoms with Gasteiger partial charge in [0, 0.05) is 22.7 Å². The number of amides is 1. The van der Waals surface area contributed by atoms with Crippen LogP contribution in [0, 0.1) is 0 Å². The van der Waals surface area contributed by atoms with E-state index in [-0.39, 0.29) is 11.5 Å². The second-order valence-electron chi connectivity index (χ2n) is 8.63. The van der Waals surface area contributed by atoms with Gasteiger partial charge in [-0.05, 0) is 62.4 Å². The topological polar surface area (TPSA) is 101 Å². The molecule has 3 aromatic carbocycles. The maximum atomic E-state index is 13.3. The van der Waals surface area contributed by atoms with E-state index < -0.39 is 18.0 Å². The molecule has 1 amide bonds. The number of para-hydroxylation sites is 2. The van der Waals surface area contributed by atoms with Crippen molar-refractivity contribution in [3.05, 3.63) is 102 Å². The summed E-state index contributed by atoms with van der Waals surface area (Å²) in [5.41, 5.74) is 3.12. The highest BCUT2D eigenvalue weighted by Gasteiger charge is 2.29. The maximum Gasteiger partial charge on any atom is 0.335 e. The first-order chi connectivity index (χ1) is 17.8. The Bertz CT molecular complexity index is 1580. The smallest absolute Gasteiger partial charge is 0.335 e. The number of ether oxygens (including phenoxy) is 1. The molecule has 0 fully saturated rings. The molecule has 8 nitrogen and oxygen atoms in total. The predicted molar refractivity (Wildman–Crippen MR) is 141 cm³/mol. The van der Waals surface area contributed by atoms with Crippen LogP contribution in [0.25, 0.3) is 17.0 Å². The van der Waals surface area contributed by atoms with Crippen molar-refractivity contribution < 1.29 is 24.2 Å². The second kappa shape index (κ2) is 9.58. The molecular formula is C29H23N3O5. The Hall–Kier alpha value is -4.98. The van der Waals surface area contributed by atoms with Crippen molar-refractivity contribution >= 4 is 46.2 Å². The molecule has 8 heteroatoms. The van der Waals surface area contributed by atoms with Crippen LogP contribution in [0.3, 0.4) is 0 Å². The number of aromatic carboxylic acids is 1. The van der Waals surface area contributed by atoms with Gasteiger partial charge < -0.3 is 14.4 Å². The van der Waals surface area contributed by atoms with E-state index in [4.69, 9.17) is 9.84 Å². The lowest BCUT2D eigenvalue weighted by Gasteiger charge is -2.14. The van der Waals surface area contributed by atoms with Gasteiger partial charge in [-0.15, -0.1) is 0 Å². The fraction of sp³-hybridized carbons (Fsp3) is 0.103. The number of carbonyl (C=O) groups is 3. The number of hydrogen-bond acceptors (Lipinski definition) is 5. The Labute approximate surface area is 212 Å². The van der Waals surface area contributed by atoms with Gasteiger partial charge in [-0.3, -0.25) is 4.79 Å². The number of rotatable bonds is 6. The summed E-state index contributed by atoms with van der Waals surface area (Å²) in [5.74, 6) is -1.30. The molecule has 0 saturated heterocycles. The number of aromatic nitrogens is 1. The number of benzene rings is 3. The molecular weight excluding hydrogens is 470 g/mol. The van der Waals surface area contributed by atoms with Crippen LogP contribution in [0.2, 0.25) is 0 Å². The van der Waals surface area contributed by atoms with E-state index in [0.29, 0.717) is 22.7 Å². The van der Waals surface area contributed by atoms with E-state index in [2.05, 4.69) is 5.10 Å². The van der Waals surface area contributed by atoms with Gasteiger partial charge in [0.15, 0.2) is 0 Å². The SMILES string of the molecule is CC1=NN(c2ccc(C(=O)O)cc2)C(=O)/C1=C\c1cn(C(C)C(=O)Oc2ccccc2)c2ccccc12. The highest BCUT2D eigenvalue weighted by atomic mass is 16.5. The molecule has 184 valence electrons. The number of hydrazone groups is 1. The van der Waals surface area contributed by atoms with Crippen molar-refractivity contribution in [2.24, 2.45) is 5.10 Å². The molecule has 1 unspecified atom stereocenters. The Balaban J connectivity index is 1.47. The lowest BCUT2D eigenvalue weighted by Crippen LogP contribution is -2.21. The molecule has 0 radical (unpaired) electrons. The van der Waals surface area contributed by atoms with Crippen molar-refractivity contribution in [1.82, 2.24) is 4.57 Å². The van der Waals surface area contributed by atoms with Crippen LogP contribution in [0.1, 0.15) is 35.8 Å². The number of nitrogens with zero attached hydrogens (tertiary/aromatic N) is 3. The average molecular weight is 494 g/mol. The molecule has 2 heterocycles. The number of carboxylic acid groups (broad SMARTS) is 1. The quantitative estimate of drug-likeness (QED) is 0.223. The molecule has 4 aromatic rings. The zero-order chi connectivity index (χ0) is 26.1. The second-order valence-corrected chi connectivity index (χ2v) is 8.63. The van der Waals surface area contributed by atoms with Crippen LogP contribution < -0.4 is 9.75 Å². The molecule has 0 aliphatic carbocycles. The van der Waals surface area contributed by atoms with Crippen LogP contribution in [0.4, 0.5) is 5.69 Å². The summed E-state index contributed by atoms with van der Waals surface area (Å²) in [7, 11) is 0. The zero-order valence-electron chi connectivity index (χ0n) is 20.2. The third-order valence-electron chi connectivity index (χ3n) is 6.21. The number of carboxylic acids is 1. The summed E-state index contributed by atoms with van der Waals surface area (Å²) < 4.78 is 7.39. The fourth-order valence-corrected chi connectivity index (χ4v) is 4.23. The minimum absolute atomic E-state index is 0.125. The predicted octanol–water partition coefficient (Wildman–Crippen LogP) is 5.31. The van der Waals surface area contributed by atoms with Crippen LogP contribution in [0.15, 0.2) is 95.7 Å². The van der Waals surface area contributed by atoms with Gasteiger partial charge in [-0.1, -0.05) is 36.4 Å². The summed E-state index contributed by atoms with van der Waals surface area (Å²) in [6.07, 6.45) is 3.60. The van der Waals surface area contributed by atoms with Crippen LogP contribution in [-0.2, 0) is 9.59 Å². The van der Waals surface area contributed by atoms with Crippen LogP contribution in [0.5, 0.6) is 5.75 Å². The number of anilines is 1. The van der Waals surface area contributed by atoms with E-state index in [9.17, 15) is 14.4 Å². The van der Waals surface area contributed by atoms with Gasteiger partial charge in [-0.2, -0.15) is 10.1 Å².